The maximum Gasteiger partial charge on any atom is 0.0990 e. The van der Waals surface area contributed by atoms with Crippen molar-refractivity contribution in [3.63, 3.8) is 0 Å². The van der Waals surface area contributed by atoms with Crippen molar-refractivity contribution in [2.45, 2.75) is 0 Å². The molecule has 90 valence electrons. The quantitative estimate of drug-likeness (QED) is 0.572. The fourth-order valence-electron chi connectivity index (χ4n) is 1.19. The molecule has 18 heavy (non-hydrogen) atoms. The van der Waals surface area contributed by atoms with Crippen LogP contribution in [0, 0.1) is 0 Å². The van der Waals surface area contributed by atoms with Gasteiger partial charge in [-0.05, 0) is 0 Å². The molecule has 0 saturated carbocycles. The van der Waals surface area contributed by atoms with Crippen LogP contribution in [0.3, 0.4) is 0 Å². The number of nitrogens with zero attached hydrogens (tertiary/aromatic N) is 6. The van der Waals surface area contributed by atoms with E-state index in [1.165, 1.54) is 0 Å². The third-order valence-electron chi connectivity index (χ3n) is 1.97. The fourth-order valence-corrected chi connectivity index (χ4v) is 1.19. The van der Waals surface area contributed by atoms with E-state index in [0.717, 1.165) is 11.4 Å². The Hall–Kier alpha value is -2.50. The summed E-state index contributed by atoms with van der Waals surface area (Å²) in [6.45, 7) is 1.21. The number of hydrogen-bond donors (Lipinski definition) is 0. The van der Waals surface area contributed by atoms with Crippen molar-refractivity contribution in [3.8, 4) is 0 Å². The van der Waals surface area contributed by atoms with Gasteiger partial charge in [0.2, 0.25) is 0 Å². The maximum absolute atomic E-state index is 4.20. The minimum Gasteiger partial charge on any atom is -0.289 e. The van der Waals surface area contributed by atoms with E-state index in [-0.39, 0.29) is 0 Å². The van der Waals surface area contributed by atoms with Crippen LogP contribution in [0.4, 0.5) is 0 Å². The van der Waals surface area contributed by atoms with Gasteiger partial charge in [-0.3, -0.25) is 29.9 Å². The fraction of sp³-hybridized carbons (Fsp3) is 0.167. The first-order chi connectivity index (χ1) is 8.95. The number of aromatic nitrogens is 4. The zero-order valence-corrected chi connectivity index (χ0v) is 9.72. The van der Waals surface area contributed by atoms with Gasteiger partial charge >= 0.3 is 0 Å². The summed E-state index contributed by atoms with van der Waals surface area (Å²) in [7, 11) is 0. The first kappa shape index (κ1) is 12.0. The third kappa shape index (κ3) is 4.17. The van der Waals surface area contributed by atoms with E-state index in [1.54, 1.807) is 49.6 Å². The van der Waals surface area contributed by atoms with Gasteiger partial charge in [-0.15, -0.1) is 0 Å². The lowest BCUT2D eigenvalue weighted by Crippen LogP contribution is -1.93. The topological polar surface area (TPSA) is 76.3 Å². The molecule has 0 aliphatic heterocycles. The van der Waals surface area contributed by atoms with Crippen molar-refractivity contribution in [1.82, 2.24) is 19.9 Å². The van der Waals surface area contributed by atoms with Gasteiger partial charge in [0.15, 0.2) is 0 Å². The van der Waals surface area contributed by atoms with Gasteiger partial charge in [0.25, 0.3) is 0 Å². The van der Waals surface area contributed by atoms with Crippen LogP contribution < -0.4 is 0 Å². The summed E-state index contributed by atoms with van der Waals surface area (Å²) in [4.78, 5) is 24.4. The second-order valence-electron chi connectivity index (χ2n) is 3.33. The zero-order valence-electron chi connectivity index (χ0n) is 9.72. The van der Waals surface area contributed by atoms with Crippen molar-refractivity contribution in [2.75, 3.05) is 13.1 Å². The molecule has 0 unspecified atom stereocenters. The number of hydrogen-bond acceptors (Lipinski definition) is 6. The van der Waals surface area contributed by atoms with Crippen molar-refractivity contribution in [2.24, 2.45) is 9.98 Å². The molecule has 0 radical (unpaired) electrons. The summed E-state index contributed by atoms with van der Waals surface area (Å²) in [6, 6.07) is 0. The molecule has 0 bridgehead atoms. The molecule has 2 aromatic heterocycles. The van der Waals surface area contributed by atoms with Gasteiger partial charge < -0.3 is 0 Å². The van der Waals surface area contributed by atoms with E-state index in [4.69, 9.17) is 0 Å². The summed E-state index contributed by atoms with van der Waals surface area (Å²) in [5.74, 6) is 0. The minimum atomic E-state index is 0.605. The highest BCUT2D eigenvalue weighted by Crippen LogP contribution is 1.86. The average Bonchev–Trinajstić information content (AvgIpc) is 2.45. The molecule has 0 amide bonds. The van der Waals surface area contributed by atoms with Crippen molar-refractivity contribution < 1.29 is 0 Å². The van der Waals surface area contributed by atoms with Crippen molar-refractivity contribution in [3.05, 3.63) is 48.6 Å². The predicted octanol–water partition coefficient (Wildman–Crippen LogP) is 0.805. The summed E-state index contributed by atoms with van der Waals surface area (Å²) < 4.78 is 0. The number of rotatable bonds is 5. The van der Waals surface area contributed by atoms with E-state index >= 15 is 0 Å². The molecular formula is C12H12N6. The summed E-state index contributed by atoms with van der Waals surface area (Å²) in [5.41, 5.74) is 1.49. The average molecular weight is 240 g/mol. The molecule has 0 aliphatic carbocycles. The molecule has 2 heterocycles. The smallest absolute Gasteiger partial charge is 0.0990 e. The highest BCUT2D eigenvalue weighted by Gasteiger charge is 1.87. The van der Waals surface area contributed by atoms with Crippen LogP contribution in [0.2, 0.25) is 0 Å². The molecular weight excluding hydrogens is 228 g/mol. The molecule has 0 N–H and O–H groups in total. The molecule has 0 atom stereocenters. The Labute approximate surface area is 105 Å². The van der Waals surface area contributed by atoms with Crippen LogP contribution in [0.1, 0.15) is 11.4 Å². The van der Waals surface area contributed by atoms with Gasteiger partial charge in [0.1, 0.15) is 0 Å². The summed E-state index contributed by atoms with van der Waals surface area (Å²) in [5, 5.41) is 0. The summed E-state index contributed by atoms with van der Waals surface area (Å²) in [6.07, 6.45) is 13.2. The van der Waals surface area contributed by atoms with Crippen LogP contribution in [0.5, 0.6) is 0 Å². The molecule has 6 heteroatoms. The molecule has 6 nitrogen and oxygen atoms in total. The normalized spacial score (nSPS) is 11.3. The Morgan fingerprint density at radius 3 is 1.67 bits per heavy atom. The first-order valence-corrected chi connectivity index (χ1v) is 5.47. The summed E-state index contributed by atoms with van der Waals surface area (Å²) >= 11 is 0. The Morgan fingerprint density at radius 2 is 1.28 bits per heavy atom. The lowest BCUT2D eigenvalue weighted by Gasteiger charge is -1.91. The lowest BCUT2D eigenvalue weighted by atomic mass is 10.5. The molecule has 0 saturated heterocycles. The Morgan fingerprint density at radius 1 is 0.778 bits per heavy atom. The van der Waals surface area contributed by atoms with Crippen LogP contribution in [0.15, 0.2) is 47.2 Å². The number of aliphatic imine (C=N–C) groups is 2. The van der Waals surface area contributed by atoms with E-state index in [9.17, 15) is 0 Å². The van der Waals surface area contributed by atoms with Crippen LogP contribution in [-0.4, -0.2) is 45.5 Å². The monoisotopic (exact) mass is 240 g/mol. The van der Waals surface area contributed by atoms with E-state index in [2.05, 4.69) is 29.9 Å². The second-order valence-corrected chi connectivity index (χ2v) is 3.33. The van der Waals surface area contributed by atoms with Crippen LogP contribution >= 0.6 is 0 Å². The molecule has 2 aromatic rings. The molecule has 0 aromatic carbocycles. The Bertz CT molecular complexity index is 459. The van der Waals surface area contributed by atoms with Crippen LogP contribution in [-0.2, 0) is 0 Å². The van der Waals surface area contributed by atoms with Crippen molar-refractivity contribution >= 4 is 12.4 Å². The third-order valence-corrected chi connectivity index (χ3v) is 1.97. The maximum atomic E-state index is 4.20. The minimum absolute atomic E-state index is 0.605. The van der Waals surface area contributed by atoms with Gasteiger partial charge in [-0.25, -0.2) is 0 Å². The van der Waals surface area contributed by atoms with Crippen LogP contribution in [0.25, 0.3) is 0 Å². The second kappa shape index (κ2) is 6.95. The highest BCUT2D eigenvalue weighted by molar-refractivity contribution is 5.77. The van der Waals surface area contributed by atoms with Gasteiger partial charge in [0, 0.05) is 37.2 Å². The van der Waals surface area contributed by atoms with Crippen molar-refractivity contribution in [1.29, 1.82) is 0 Å². The Kier molecular flexibility index (Phi) is 4.62. The molecule has 0 fully saturated rings. The van der Waals surface area contributed by atoms with Gasteiger partial charge in [0.05, 0.1) is 36.9 Å². The van der Waals surface area contributed by atoms with E-state index < -0.39 is 0 Å². The Balaban J connectivity index is 1.73. The van der Waals surface area contributed by atoms with E-state index in [0.29, 0.717) is 13.1 Å². The molecule has 0 aliphatic rings. The van der Waals surface area contributed by atoms with E-state index in [1.807, 2.05) is 0 Å². The predicted molar refractivity (Wildman–Crippen MR) is 69.0 cm³/mol. The standard InChI is InChI=1S/C12H12N6/c1(13-7-11-9-15-3-5-17-11)2-14-8-12-10-16-4-6-18-12/h3-10H,1-2H2. The van der Waals surface area contributed by atoms with Gasteiger partial charge in [-0.1, -0.05) is 0 Å². The lowest BCUT2D eigenvalue weighted by molar-refractivity contribution is 0.981. The first-order valence-electron chi connectivity index (χ1n) is 5.47. The van der Waals surface area contributed by atoms with Gasteiger partial charge in [-0.2, -0.15) is 0 Å². The highest BCUT2D eigenvalue weighted by atomic mass is 14.8. The largest absolute Gasteiger partial charge is 0.289 e. The SMILES string of the molecule is C(=NCCN=Cc1cnccn1)c1cnccn1. The molecule has 2 rings (SSSR count). The molecule has 0 spiro atoms. The zero-order chi connectivity index (χ0) is 12.5.